The Balaban J connectivity index is 2.11. The van der Waals surface area contributed by atoms with Crippen molar-refractivity contribution in [2.45, 2.75) is 26.4 Å². The number of nitrogens with one attached hydrogen (secondary N) is 1. The van der Waals surface area contributed by atoms with Crippen molar-refractivity contribution in [2.75, 3.05) is 14.2 Å². The zero-order valence-corrected chi connectivity index (χ0v) is 14.0. The quantitative estimate of drug-likeness (QED) is 0.833. The third-order valence-electron chi connectivity index (χ3n) is 3.47. The summed E-state index contributed by atoms with van der Waals surface area (Å²) in [6.07, 6.45) is 0.765. The van der Waals surface area contributed by atoms with Gasteiger partial charge in [0.1, 0.15) is 17.2 Å². The molecule has 0 atom stereocenters. The number of aryl methyl sites for hydroxylation is 1. The largest absolute Gasteiger partial charge is 0.497 e. The molecule has 0 aliphatic rings. The number of carbonyl (C=O) groups excluding carboxylic acids is 1. The van der Waals surface area contributed by atoms with Gasteiger partial charge in [0, 0.05) is 30.8 Å². The van der Waals surface area contributed by atoms with Crippen molar-refractivity contribution in [2.24, 2.45) is 0 Å². The molecule has 0 fully saturated rings. The smallest absolute Gasteiger partial charge is 0.271 e. The van der Waals surface area contributed by atoms with E-state index in [1.165, 1.54) is 16.8 Å². The van der Waals surface area contributed by atoms with Gasteiger partial charge in [-0.15, -0.1) is 0 Å². The highest BCUT2D eigenvalue weighted by atomic mass is 16.5. The number of rotatable bonds is 7. The molecule has 0 radical (unpaired) electrons. The Kier molecular flexibility index (Phi) is 5.95. The van der Waals surface area contributed by atoms with Crippen LogP contribution in [0.15, 0.2) is 35.1 Å². The van der Waals surface area contributed by atoms with E-state index in [9.17, 15) is 9.59 Å². The highest BCUT2D eigenvalue weighted by Crippen LogP contribution is 2.24. The molecule has 2 rings (SSSR count). The van der Waals surface area contributed by atoms with Crippen LogP contribution in [0.5, 0.6) is 11.5 Å². The van der Waals surface area contributed by atoms with Gasteiger partial charge in [-0.3, -0.25) is 9.59 Å². The first kappa shape index (κ1) is 17.5. The Labute approximate surface area is 140 Å². The van der Waals surface area contributed by atoms with Crippen LogP contribution in [0.3, 0.4) is 0 Å². The maximum Gasteiger partial charge on any atom is 0.271 e. The highest BCUT2D eigenvalue weighted by Gasteiger charge is 2.11. The van der Waals surface area contributed by atoms with Gasteiger partial charge in [-0.05, 0) is 24.6 Å². The highest BCUT2D eigenvalue weighted by molar-refractivity contribution is 5.91. The van der Waals surface area contributed by atoms with Gasteiger partial charge in [-0.2, -0.15) is 5.10 Å². The third kappa shape index (κ3) is 4.13. The fourth-order valence-corrected chi connectivity index (χ4v) is 2.21. The summed E-state index contributed by atoms with van der Waals surface area (Å²) < 4.78 is 11.7. The second kappa shape index (κ2) is 8.14. The first-order chi connectivity index (χ1) is 11.6. The van der Waals surface area contributed by atoms with Crippen LogP contribution in [0.2, 0.25) is 0 Å². The number of ether oxygens (including phenoxy) is 2. The molecule has 24 heavy (non-hydrogen) atoms. The van der Waals surface area contributed by atoms with Crippen molar-refractivity contribution >= 4 is 5.91 Å². The fraction of sp³-hybridized carbons (Fsp3) is 0.353. The van der Waals surface area contributed by atoms with Crippen LogP contribution in [0, 0.1) is 0 Å². The minimum absolute atomic E-state index is 0.204. The predicted octanol–water partition coefficient (Wildman–Crippen LogP) is 1.60. The van der Waals surface area contributed by atoms with Gasteiger partial charge >= 0.3 is 0 Å². The Morgan fingerprint density at radius 3 is 2.67 bits per heavy atom. The summed E-state index contributed by atoms with van der Waals surface area (Å²) in [5, 5.41) is 6.86. The van der Waals surface area contributed by atoms with E-state index in [2.05, 4.69) is 10.4 Å². The van der Waals surface area contributed by atoms with Crippen molar-refractivity contribution in [3.05, 3.63) is 51.9 Å². The summed E-state index contributed by atoms with van der Waals surface area (Å²) in [6, 6.07) is 8.15. The van der Waals surface area contributed by atoms with E-state index in [0.717, 1.165) is 12.0 Å². The molecule has 2 aromatic rings. The van der Waals surface area contributed by atoms with Crippen LogP contribution in [0.4, 0.5) is 0 Å². The molecular formula is C17H21N3O4. The van der Waals surface area contributed by atoms with Crippen molar-refractivity contribution in [3.8, 4) is 11.5 Å². The fourth-order valence-electron chi connectivity index (χ4n) is 2.21. The summed E-state index contributed by atoms with van der Waals surface area (Å²) in [6.45, 7) is 2.70. The van der Waals surface area contributed by atoms with Crippen LogP contribution in [0.25, 0.3) is 0 Å². The number of nitrogens with zero attached hydrogens (tertiary/aromatic N) is 2. The number of benzene rings is 1. The minimum Gasteiger partial charge on any atom is -0.497 e. The Hall–Kier alpha value is -2.83. The van der Waals surface area contributed by atoms with Gasteiger partial charge in [-0.1, -0.05) is 6.92 Å². The third-order valence-corrected chi connectivity index (χ3v) is 3.47. The lowest BCUT2D eigenvalue weighted by molar-refractivity contribution is 0.0943. The SMILES string of the molecule is CCCn1nc(C(=O)NCc2ccc(OC)cc2OC)ccc1=O. The van der Waals surface area contributed by atoms with Crippen molar-refractivity contribution in [1.82, 2.24) is 15.1 Å². The monoisotopic (exact) mass is 331 g/mol. The van der Waals surface area contributed by atoms with E-state index >= 15 is 0 Å². The van der Waals surface area contributed by atoms with Crippen LogP contribution in [0.1, 0.15) is 29.4 Å². The molecule has 0 aliphatic carbocycles. The number of hydrogen-bond donors (Lipinski definition) is 1. The van der Waals surface area contributed by atoms with Gasteiger partial charge in [0.05, 0.1) is 14.2 Å². The number of hydrogen-bond acceptors (Lipinski definition) is 5. The van der Waals surface area contributed by atoms with Crippen LogP contribution < -0.4 is 20.3 Å². The molecule has 0 saturated carbocycles. The molecule has 0 saturated heterocycles. The molecule has 128 valence electrons. The Bertz CT molecular complexity index is 771. The number of amides is 1. The summed E-state index contributed by atoms with van der Waals surface area (Å²) in [5.41, 5.74) is 0.800. The van der Waals surface area contributed by atoms with Crippen molar-refractivity contribution in [1.29, 1.82) is 0 Å². The molecule has 1 aromatic heterocycles. The van der Waals surface area contributed by atoms with Gasteiger partial charge in [0.15, 0.2) is 0 Å². The van der Waals surface area contributed by atoms with Crippen LogP contribution in [-0.4, -0.2) is 29.9 Å². The van der Waals surface area contributed by atoms with E-state index in [4.69, 9.17) is 9.47 Å². The van der Waals surface area contributed by atoms with Gasteiger partial charge in [0.2, 0.25) is 0 Å². The van der Waals surface area contributed by atoms with E-state index < -0.39 is 0 Å². The van der Waals surface area contributed by atoms with E-state index in [1.54, 1.807) is 26.4 Å². The molecular weight excluding hydrogens is 310 g/mol. The Morgan fingerprint density at radius 2 is 2.00 bits per heavy atom. The maximum atomic E-state index is 12.3. The Morgan fingerprint density at radius 1 is 1.21 bits per heavy atom. The average Bonchev–Trinajstić information content (AvgIpc) is 2.61. The number of methoxy groups -OCH3 is 2. The van der Waals surface area contributed by atoms with Crippen molar-refractivity contribution in [3.63, 3.8) is 0 Å². The van der Waals surface area contributed by atoms with Crippen molar-refractivity contribution < 1.29 is 14.3 Å². The molecule has 0 spiro atoms. The first-order valence-electron chi connectivity index (χ1n) is 7.66. The normalized spacial score (nSPS) is 10.3. The van der Waals surface area contributed by atoms with Gasteiger partial charge < -0.3 is 14.8 Å². The van der Waals surface area contributed by atoms with E-state index in [-0.39, 0.29) is 23.7 Å². The summed E-state index contributed by atoms with van der Waals surface area (Å²) >= 11 is 0. The second-order valence-corrected chi connectivity index (χ2v) is 5.14. The summed E-state index contributed by atoms with van der Waals surface area (Å²) in [7, 11) is 3.13. The summed E-state index contributed by atoms with van der Waals surface area (Å²) in [5.74, 6) is 0.950. The number of aromatic nitrogens is 2. The molecule has 0 unspecified atom stereocenters. The minimum atomic E-state index is -0.349. The molecule has 0 bridgehead atoms. The van der Waals surface area contributed by atoms with Crippen LogP contribution in [-0.2, 0) is 13.1 Å². The van der Waals surface area contributed by atoms with Gasteiger partial charge in [0.25, 0.3) is 11.5 Å². The standard InChI is InChI=1S/C17H21N3O4/c1-4-9-20-16(21)8-7-14(19-20)17(22)18-11-12-5-6-13(23-2)10-15(12)24-3/h5-8,10H,4,9,11H2,1-3H3,(H,18,22). The maximum absolute atomic E-state index is 12.3. The molecule has 7 heteroatoms. The van der Waals surface area contributed by atoms with Gasteiger partial charge in [-0.25, -0.2) is 4.68 Å². The molecule has 7 nitrogen and oxygen atoms in total. The molecule has 0 aliphatic heterocycles. The zero-order valence-electron chi connectivity index (χ0n) is 14.0. The van der Waals surface area contributed by atoms with Crippen LogP contribution >= 0.6 is 0 Å². The molecule has 1 heterocycles. The first-order valence-corrected chi connectivity index (χ1v) is 7.66. The topological polar surface area (TPSA) is 82.5 Å². The molecule has 1 amide bonds. The lowest BCUT2D eigenvalue weighted by Gasteiger charge is -2.11. The predicted molar refractivity (Wildman–Crippen MR) is 89.5 cm³/mol. The average molecular weight is 331 g/mol. The molecule has 1 N–H and O–H groups in total. The van der Waals surface area contributed by atoms with E-state index in [1.807, 2.05) is 13.0 Å². The zero-order chi connectivity index (χ0) is 17.5. The molecule has 1 aromatic carbocycles. The van der Waals surface area contributed by atoms with E-state index in [0.29, 0.717) is 18.0 Å². The summed E-state index contributed by atoms with van der Waals surface area (Å²) in [4.78, 5) is 23.9. The lowest BCUT2D eigenvalue weighted by Crippen LogP contribution is -2.29. The second-order valence-electron chi connectivity index (χ2n) is 5.14. The lowest BCUT2D eigenvalue weighted by atomic mass is 10.2. The number of carbonyl (C=O) groups is 1.